The van der Waals surface area contributed by atoms with Gasteiger partial charge in [0.15, 0.2) is 0 Å². The fourth-order valence-corrected chi connectivity index (χ4v) is 2.98. The van der Waals surface area contributed by atoms with Gasteiger partial charge in [0, 0.05) is 19.6 Å². The minimum atomic E-state index is 0.215. The van der Waals surface area contributed by atoms with E-state index in [4.69, 9.17) is 9.47 Å². The molecule has 1 saturated heterocycles. The molecule has 1 unspecified atom stereocenters. The normalized spacial score (nSPS) is 31.2. The van der Waals surface area contributed by atoms with E-state index >= 15 is 0 Å². The molecule has 0 amide bonds. The summed E-state index contributed by atoms with van der Waals surface area (Å²) in [5, 5.41) is 3.44. The molecule has 1 aromatic carbocycles. The highest BCUT2D eigenvalue weighted by Gasteiger charge is 2.26. The first-order valence-electron chi connectivity index (χ1n) is 7.08. The molecule has 1 N–H and O–H groups in total. The molecule has 0 aromatic heterocycles. The van der Waals surface area contributed by atoms with E-state index in [0.717, 1.165) is 37.6 Å². The molecule has 0 spiro atoms. The first-order valence-corrected chi connectivity index (χ1v) is 7.08. The van der Waals surface area contributed by atoms with Gasteiger partial charge in [0.05, 0.1) is 24.4 Å². The van der Waals surface area contributed by atoms with E-state index in [1.54, 1.807) is 0 Å². The fourth-order valence-electron chi connectivity index (χ4n) is 2.98. The first-order chi connectivity index (χ1) is 9.20. The third-order valence-corrected chi connectivity index (χ3v) is 3.66. The Balaban J connectivity index is 1.60. The molecule has 3 atom stereocenters. The van der Waals surface area contributed by atoms with Gasteiger partial charge in [-0.2, -0.15) is 0 Å². The van der Waals surface area contributed by atoms with Gasteiger partial charge in [-0.15, -0.1) is 0 Å². The van der Waals surface area contributed by atoms with E-state index < -0.39 is 0 Å². The molecule has 0 radical (unpaired) electrons. The van der Waals surface area contributed by atoms with Crippen molar-refractivity contribution >= 4 is 5.69 Å². The van der Waals surface area contributed by atoms with Crippen molar-refractivity contribution in [3.8, 4) is 5.75 Å². The van der Waals surface area contributed by atoms with Crippen LogP contribution in [0.5, 0.6) is 5.75 Å². The molecule has 2 heterocycles. The van der Waals surface area contributed by atoms with Crippen molar-refractivity contribution in [3.63, 3.8) is 0 Å². The first kappa shape index (κ1) is 12.8. The van der Waals surface area contributed by atoms with Crippen molar-refractivity contribution in [1.82, 2.24) is 4.90 Å². The van der Waals surface area contributed by atoms with Gasteiger partial charge in [0.2, 0.25) is 0 Å². The lowest BCUT2D eigenvalue weighted by Gasteiger charge is -2.38. The third-order valence-electron chi connectivity index (χ3n) is 3.66. The summed E-state index contributed by atoms with van der Waals surface area (Å²) in [5.41, 5.74) is 1.10. The molecule has 104 valence electrons. The van der Waals surface area contributed by atoms with Gasteiger partial charge < -0.3 is 14.8 Å². The molecule has 2 aliphatic rings. The fraction of sp³-hybridized carbons (Fsp3) is 0.600. The van der Waals surface area contributed by atoms with Crippen LogP contribution in [-0.2, 0) is 4.74 Å². The largest absolute Gasteiger partial charge is 0.485 e. The molecule has 4 nitrogen and oxygen atoms in total. The smallest absolute Gasteiger partial charge is 0.142 e. The Morgan fingerprint density at radius 2 is 1.95 bits per heavy atom. The van der Waals surface area contributed by atoms with Crippen LogP contribution in [0.4, 0.5) is 5.69 Å². The summed E-state index contributed by atoms with van der Waals surface area (Å²) in [5.74, 6) is 0.966. The highest BCUT2D eigenvalue weighted by molar-refractivity contribution is 5.57. The number of para-hydroxylation sites is 2. The molecule has 0 bridgehead atoms. The summed E-state index contributed by atoms with van der Waals surface area (Å²) in [6.45, 7) is 8.09. The molecule has 19 heavy (non-hydrogen) atoms. The molecule has 1 fully saturated rings. The van der Waals surface area contributed by atoms with Crippen LogP contribution in [0.25, 0.3) is 0 Å². The van der Waals surface area contributed by atoms with Crippen LogP contribution in [0.3, 0.4) is 0 Å². The molecular weight excluding hydrogens is 240 g/mol. The summed E-state index contributed by atoms with van der Waals surface area (Å²) < 4.78 is 11.8. The lowest BCUT2D eigenvalue weighted by Crippen LogP contribution is -2.50. The van der Waals surface area contributed by atoms with E-state index in [1.807, 2.05) is 18.2 Å². The van der Waals surface area contributed by atoms with Crippen LogP contribution < -0.4 is 10.1 Å². The van der Waals surface area contributed by atoms with Gasteiger partial charge >= 0.3 is 0 Å². The number of rotatable bonds is 2. The Kier molecular flexibility index (Phi) is 3.62. The molecule has 3 rings (SSSR count). The van der Waals surface area contributed by atoms with Crippen molar-refractivity contribution in [2.24, 2.45) is 0 Å². The molecular formula is C15H22N2O2. The zero-order chi connectivity index (χ0) is 13.2. The molecule has 0 saturated carbocycles. The van der Waals surface area contributed by atoms with Crippen LogP contribution in [-0.4, -0.2) is 49.4 Å². The van der Waals surface area contributed by atoms with E-state index in [0.29, 0.717) is 12.2 Å². The third kappa shape index (κ3) is 3.01. The highest BCUT2D eigenvalue weighted by Crippen LogP contribution is 2.28. The molecule has 0 aliphatic carbocycles. The number of nitrogens with one attached hydrogen (secondary N) is 1. The monoisotopic (exact) mass is 262 g/mol. The van der Waals surface area contributed by atoms with Crippen LogP contribution in [0.1, 0.15) is 13.8 Å². The summed E-state index contributed by atoms with van der Waals surface area (Å²) in [6, 6.07) is 8.13. The standard InChI is InChI=1S/C15H22N2O2/c1-11-8-17(9-12(2)18-11)10-13-7-16-14-5-3-4-6-15(14)19-13/h3-6,11-13,16H,7-10H2,1-2H3/t11-,12+,13?. The van der Waals surface area contributed by atoms with Crippen molar-refractivity contribution in [2.75, 3.05) is 31.5 Å². The lowest BCUT2D eigenvalue weighted by molar-refractivity contribution is -0.0745. The van der Waals surface area contributed by atoms with Gasteiger partial charge in [-0.25, -0.2) is 0 Å². The predicted octanol–water partition coefficient (Wildman–Crippen LogP) is 1.97. The summed E-state index contributed by atoms with van der Waals surface area (Å²) in [4.78, 5) is 2.44. The van der Waals surface area contributed by atoms with Crippen LogP contribution >= 0.6 is 0 Å². The Hall–Kier alpha value is -1.26. The zero-order valence-corrected chi connectivity index (χ0v) is 11.6. The molecule has 2 aliphatic heterocycles. The minimum absolute atomic E-state index is 0.215. The number of anilines is 1. The number of nitrogens with zero attached hydrogens (tertiary/aromatic N) is 1. The quantitative estimate of drug-likeness (QED) is 0.883. The number of fused-ring (bicyclic) bond motifs is 1. The van der Waals surface area contributed by atoms with Gasteiger partial charge in [0.25, 0.3) is 0 Å². The van der Waals surface area contributed by atoms with Crippen LogP contribution in [0, 0.1) is 0 Å². The van der Waals surface area contributed by atoms with Gasteiger partial charge in [-0.1, -0.05) is 12.1 Å². The summed E-state index contributed by atoms with van der Waals surface area (Å²) >= 11 is 0. The van der Waals surface area contributed by atoms with E-state index in [-0.39, 0.29) is 6.10 Å². The Bertz CT molecular complexity index is 428. The van der Waals surface area contributed by atoms with Crippen molar-refractivity contribution < 1.29 is 9.47 Å². The predicted molar refractivity (Wildman–Crippen MR) is 75.8 cm³/mol. The van der Waals surface area contributed by atoms with Crippen LogP contribution in [0.2, 0.25) is 0 Å². The van der Waals surface area contributed by atoms with Crippen molar-refractivity contribution in [1.29, 1.82) is 0 Å². The topological polar surface area (TPSA) is 33.7 Å². The molecule has 4 heteroatoms. The van der Waals surface area contributed by atoms with E-state index in [9.17, 15) is 0 Å². The van der Waals surface area contributed by atoms with E-state index in [2.05, 4.69) is 30.1 Å². The Morgan fingerprint density at radius 1 is 1.21 bits per heavy atom. The summed E-state index contributed by atoms with van der Waals surface area (Å²) in [6.07, 6.45) is 0.840. The Labute approximate surface area is 114 Å². The van der Waals surface area contributed by atoms with Crippen molar-refractivity contribution in [3.05, 3.63) is 24.3 Å². The van der Waals surface area contributed by atoms with Crippen LogP contribution in [0.15, 0.2) is 24.3 Å². The van der Waals surface area contributed by atoms with Gasteiger partial charge in [0.1, 0.15) is 11.9 Å². The van der Waals surface area contributed by atoms with Gasteiger partial charge in [-0.3, -0.25) is 4.90 Å². The minimum Gasteiger partial charge on any atom is -0.485 e. The highest BCUT2D eigenvalue weighted by atomic mass is 16.5. The number of ether oxygens (including phenoxy) is 2. The SMILES string of the molecule is C[C@@H]1CN(CC2CNc3ccccc3O2)C[C@H](C)O1. The number of hydrogen-bond donors (Lipinski definition) is 1. The number of hydrogen-bond acceptors (Lipinski definition) is 4. The maximum atomic E-state index is 6.06. The van der Waals surface area contributed by atoms with Crippen molar-refractivity contribution in [2.45, 2.75) is 32.2 Å². The zero-order valence-electron chi connectivity index (χ0n) is 11.6. The second-order valence-electron chi connectivity index (χ2n) is 5.59. The average Bonchev–Trinajstić information content (AvgIpc) is 2.37. The summed E-state index contributed by atoms with van der Waals surface area (Å²) in [7, 11) is 0. The second kappa shape index (κ2) is 5.39. The number of morpholine rings is 1. The van der Waals surface area contributed by atoms with E-state index in [1.165, 1.54) is 0 Å². The Morgan fingerprint density at radius 3 is 2.74 bits per heavy atom. The van der Waals surface area contributed by atoms with Gasteiger partial charge in [-0.05, 0) is 26.0 Å². The maximum absolute atomic E-state index is 6.06. The molecule has 1 aromatic rings. The average molecular weight is 262 g/mol. The second-order valence-corrected chi connectivity index (χ2v) is 5.59. The number of benzene rings is 1. The lowest BCUT2D eigenvalue weighted by atomic mass is 10.2. The maximum Gasteiger partial charge on any atom is 0.142 e.